The summed E-state index contributed by atoms with van der Waals surface area (Å²) < 4.78 is 5.41. The van der Waals surface area contributed by atoms with Gasteiger partial charge in [0.15, 0.2) is 0 Å². The Morgan fingerprint density at radius 2 is 1.88 bits per heavy atom. The zero-order valence-corrected chi connectivity index (χ0v) is 10.9. The summed E-state index contributed by atoms with van der Waals surface area (Å²) in [5.41, 5.74) is 1.25. The SMILES string of the molecule is CCCNC(C)c1ccc(OCC(C)O)cc1. The van der Waals surface area contributed by atoms with Crippen LogP contribution in [-0.4, -0.2) is 24.4 Å². The molecule has 17 heavy (non-hydrogen) atoms. The summed E-state index contributed by atoms with van der Waals surface area (Å²) in [6.45, 7) is 7.39. The van der Waals surface area contributed by atoms with Crippen LogP contribution in [0.3, 0.4) is 0 Å². The fourth-order valence-electron chi connectivity index (χ4n) is 1.55. The molecule has 0 saturated carbocycles. The maximum Gasteiger partial charge on any atom is 0.119 e. The Kier molecular flexibility index (Phi) is 6.01. The molecule has 0 spiro atoms. The molecule has 0 saturated heterocycles. The number of hydrogen-bond donors (Lipinski definition) is 2. The van der Waals surface area contributed by atoms with Gasteiger partial charge in [0.1, 0.15) is 12.4 Å². The fraction of sp³-hybridized carbons (Fsp3) is 0.571. The first kappa shape index (κ1) is 14.0. The maximum absolute atomic E-state index is 9.12. The zero-order valence-electron chi connectivity index (χ0n) is 10.9. The summed E-state index contributed by atoms with van der Waals surface area (Å²) in [7, 11) is 0. The average molecular weight is 237 g/mol. The Hall–Kier alpha value is -1.06. The maximum atomic E-state index is 9.12. The van der Waals surface area contributed by atoms with Gasteiger partial charge in [-0.15, -0.1) is 0 Å². The molecule has 0 aromatic heterocycles. The van der Waals surface area contributed by atoms with Crippen molar-refractivity contribution >= 4 is 0 Å². The molecule has 2 atom stereocenters. The van der Waals surface area contributed by atoms with Gasteiger partial charge in [-0.1, -0.05) is 19.1 Å². The third-order valence-electron chi connectivity index (χ3n) is 2.57. The van der Waals surface area contributed by atoms with Gasteiger partial charge in [-0.2, -0.15) is 0 Å². The number of hydrogen-bond acceptors (Lipinski definition) is 3. The highest BCUT2D eigenvalue weighted by Crippen LogP contribution is 2.17. The molecule has 0 bridgehead atoms. The number of nitrogens with one attached hydrogen (secondary N) is 1. The van der Waals surface area contributed by atoms with Crippen LogP contribution >= 0.6 is 0 Å². The van der Waals surface area contributed by atoms with Crippen molar-refractivity contribution in [2.24, 2.45) is 0 Å². The highest BCUT2D eigenvalue weighted by molar-refractivity contribution is 5.28. The Morgan fingerprint density at radius 3 is 2.41 bits per heavy atom. The van der Waals surface area contributed by atoms with Crippen LogP contribution in [0.4, 0.5) is 0 Å². The zero-order chi connectivity index (χ0) is 12.7. The lowest BCUT2D eigenvalue weighted by Crippen LogP contribution is -2.19. The Labute approximate surface area is 104 Å². The number of rotatable bonds is 7. The minimum atomic E-state index is -0.431. The van der Waals surface area contributed by atoms with Gasteiger partial charge in [0.05, 0.1) is 6.10 Å². The molecule has 0 radical (unpaired) electrons. The van der Waals surface area contributed by atoms with Crippen LogP contribution in [0.15, 0.2) is 24.3 Å². The van der Waals surface area contributed by atoms with E-state index in [0.29, 0.717) is 12.6 Å². The van der Waals surface area contributed by atoms with Gasteiger partial charge in [-0.3, -0.25) is 0 Å². The van der Waals surface area contributed by atoms with Crippen molar-refractivity contribution in [1.29, 1.82) is 0 Å². The van der Waals surface area contributed by atoms with Gasteiger partial charge in [0.25, 0.3) is 0 Å². The first-order chi connectivity index (χ1) is 8.13. The number of ether oxygens (including phenoxy) is 1. The van der Waals surface area contributed by atoms with Crippen LogP contribution in [0.1, 0.15) is 38.8 Å². The van der Waals surface area contributed by atoms with E-state index >= 15 is 0 Å². The van der Waals surface area contributed by atoms with E-state index < -0.39 is 6.10 Å². The third kappa shape index (κ3) is 5.20. The van der Waals surface area contributed by atoms with Gasteiger partial charge >= 0.3 is 0 Å². The summed E-state index contributed by atoms with van der Waals surface area (Å²) >= 11 is 0. The van der Waals surface area contributed by atoms with E-state index in [4.69, 9.17) is 9.84 Å². The van der Waals surface area contributed by atoms with Crippen molar-refractivity contribution in [2.75, 3.05) is 13.2 Å². The molecule has 1 aromatic rings. The summed E-state index contributed by atoms with van der Waals surface area (Å²) in [6.07, 6.45) is 0.708. The summed E-state index contributed by atoms with van der Waals surface area (Å²) in [5.74, 6) is 0.803. The molecular weight excluding hydrogens is 214 g/mol. The molecule has 3 heteroatoms. The fourth-order valence-corrected chi connectivity index (χ4v) is 1.55. The first-order valence-corrected chi connectivity index (χ1v) is 6.27. The first-order valence-electron chi connectivity index (χ1n) is 6.27. The lowest BCUT2D eigenvalue weighted by molar-refractivity contribution is 0.122. The van der Waals surface area contributed by atoms with Crippen LogP contribution in [0.5, 0.6) is 5.75 Å². The van der Waals surface area contributed by atoms with Crippen molar-refractivity contribution in [3.05, 3.63) is 29.8 Å². The second-order valence-electron chi connectivity index (χ2n) is 4.40. The molecule has 1 aromatic carbocycles. The smallest absolute Gasteiger partial charge is 0.119 e. The van der Waals surface area contributed by atoms with Crippen molar-refractivity contribution in [1.82, 2.24) is 5.32 Å². The topological polar surface area (TPSA) is 41.5 Å². The Bertz CT molecular complexity index is 309. The molecule has 3 nitrogen and oxygen atoms in total. The summed E-state index contributed by atoms with van der Waals surface area (Å²) in [4.78, 5) is 0. The number of aliphatic hydroxyl groups is 1. The molecular formula is C14H23NO2. The average Bonchev–Trinajstić information content (AvgIpc) is 2.34. The number of aliphatic hydroxyl groups excluding tert-OH is 1. The molecule has 0 aliphatic heterocycles. The molecule has 2 N–H and O–H groups in total. The van der Waals surface area contributed by atoms with Crippen LogP contribution < -0.4 is 10.1 Å². The quantitative estimate of drug-likeness (QED) is 0.765. The van der Waals surface area contributed by atoms with Crippen molar-refractivity contribution < 1.29 is 9.84 Å². The highest BCUT2D eigenvalue weighted by atomic mass is 16.5. The largest absolute Gasteiger partial charge is 0.491 e. The molecule has 96 valence electrons. The molecule has 0 amide bonds. The summed E-state index contributed by atoms with van der Waals surface area (Å²) in [6, 6.07) is 8.37. The van der Waals surface area contributed by atoms with Crippen LogP contribution in [-0.2, 0) is 0 Å². The molecule has 0 fully saturated rings. The van der Waals surface area contributed by atoms with Crippen LogP contribution in [0.2, 0.25) is 0 Å². The number of benzene rings is 1. The van der Waals surface area contributed by atoms with E-state index in [2.05, 4.69) is 31.3 Å². The van der Waals surface area contributed by atoms with E-state index in [1.165, 1.54) is 5.56 Å². The normalized spacial score (nSPS) is 14.4. The van der Waals surface area contributed by atoms with E-state index in [1.807, 2.05) is 12.1 Å². The van der Waals surface area contributed by atoms with Gasteiger partial charge < -0.3 is 15.2 Å². The monoisotopic (exact) mass is 237 g/mol. The molecule has 0 aliphatic carbocycles. The van der Waals surface area contributed by atoms with Crippen LogP contribution in [0, 0.1) is 0 Å². The van der Waals surface area contributed by atoms with Gasteiger partial charge in [-0.25, -0.2) is 0 Å². The van der Waals surface area contributed by atoms with Gasteiger partial charge in [-0.05, 0) is 44.5 Å². The minimum absolute atomic E-state index is 0.336. The van der Waals surface area contributed by atoms with E-state index in [1.54, 1.807) is 6.92 Å². The molecule has 0 aliphatic rings. The Morgan fingerprint density at radius 1 is 1.24 bits per heavy atom. The van der Waals surface area contributed by atoms with Crippen molar-refractivity contribution in [3.8, 4) is 5.75 Å². The third-order valence-corrected chi connectivity index (χ3v) is 2.57. The van der Waals surface area contributed by atoms with E-state index in [9.17, 15) is 0 Å². The summed E-state index contributed by atoms with van der Waals surface area (Å²) in [5, 5.41) is 12.6. The van der Waals surface area contributed by atoms with Gasteiger partial charge in [0.2, 0.25) is 0 Å². The standard InChI is InChI=1S/C14H23NO2/c1-4-9-15-12(3)13-5-7-14(8-6-13)17-10-11(2)16/h5-8,11-12,15-16H,4,9-10H2,1-3H3. The van der Waals surface area contributed by atoms with E-state index in [0.717, 1.165) is 18.7 Å². The van der Waals surface area contributed by atoms with Crippen LogP contribution in [0.25, 0.3) is 0 Å². The second-order valence-corrected chi connectivity index (χ2v) is 4.40. The highest BCUT2D eigenvalue weighted by Gasteiger charge is 2.04. The predicted octanol–water partition coefficient (Wildman–Crippen LogP) is 2.51. The molecule has 0 heterocycles. The molecule has 1 rings (SSSR count). The lowest BCUT2D eigenvalue weighted by atomic mass is 10.1. The Balaban J connectivity index is 2.49. The van der Waals surface area contributed by atoms with Gasteiger partial charge in [0, 0.05) is 6.04 Å². The lowest BCUT2D eigenvalue weighted by Gasteiger charge is -2.14. The second kappa shape index (κ2) is 7.30. The van der Waals surface area contributed by atoms with Crippen molar-refractivity contribution in [2.45, 2.75) is 39.3 Å². The predicted molar refractivity (Wildman–Crippen MR) is 70.3 cm³/mol. The van der Waals surface area contributed by atoms with Crippen molar-refractivity contribution in [3.63, 3.8) is 0 Å². The minimum Gasteiger partial charge on any atom is -0.491 e. The molecule has 2 unspecified atom stereocenters. The van der Waals surface area contributed by atoms with E-state index in [-0.39, 0.29) is 0 Å².